The molecule has 12 heteroatoms. The van der Waals surface area contributed by atoms with Gasteiger partial charge >= 0.3 is 12.1 Å². The summed E-state index contributed by atoms with van der Waals surface area (Å²) in [6.07, 6.45) is -1.25. The Morgan fingerprint density at radius 2 is 1.83 bits per heavy atom. The summed E-state index contributed by atoms with van der Waals surface area (Å²) in [5.74, 6) is -1.43. The number of hydrogen-bond acceptors (Lipinski definition) is 7. The molecule has 0 saturated heterocycles. The van der Waals surface area contributed by atoms with E-state index < -0.39 is 12.1 Å². The fourth-order valence-electron chi connectivity index (χ4n) is 2.55. The van der Waals surface area contributed by atoms with Gasteiger partial charge < -0.3 is 14.7 Å². The lowest BCUT2D eigenvalue weighted by atomic mass is 10.1. The molecular weight excluding hydrogens is 441 g/mol. The number of rotatable bonds is 9. The predicted octanol–water partition coefficient (Wildman–Crippen LogP) is 5.35. The standard InChI is InChI=1S/C18H21F3N4O3S2/c1-25(17(27)30-29)13-10-8-12(9-11-13)22-15(26)7-5-3-2-4-6-14-23-16(28-24-14)18(19,20)21/h8-11,29H,2-7H2,1H3,(H,22,26). The van der Waals surface area contributed by atoms with Gasteiger partial charge in [0.25, 0.3) is 5.24 Å². The number of halogens is 3. The van der Waals surface area contributed by atoms with Crippen LogP contribution in [0.1, 0.15) is 43.8 Å². The van der Waals surface area contributed by atoms with Crippen molar-refractivity contribution in [1.29, 1.82) is 0 Å². The highest BCUT2D eigenvalue weighted by molar-refractivity contribution is 8.74. The molecule has 30 heavy (non-hydrogen) atoms. The van der Waals surface area contributed by atoms with Gasteiger partial charge in [0, 0.05) is 42.1 Å². The monoisotopic (exact) mass is 462 g/mol. The van der Waals surface area contributed by atoms with E-state index in [1.54, 1.807) is 31.3 Å². The van der Waals surface area contributed by atoms with E-state index in [0.717, 1.165) is 23.6 Å². The van der Waals surface area contributed by atoms with Crippen molar-refractivity contribution in [3.63, 3.8) is 0 Å². The molecule has 2 amide bonds. The molecular formula is C18H21F3N4O3S2. The van der Waals surface area contributed by atoms with Crippen molar-refractivity contribution in [3.05, 3.63) is 36.0 Å². The molecule has 2 aromatic rings. The van der Waals surface area contributed by atoms with Crippen LogP contribution in [0.4, 0.5) is 29.3 Å². The summed E-state index contributed by atoms with van der Waals surface area (Å²) in [5, 5.41) is 5.88. The normalized spacial score (nSPS) is 11.4. The minimum absolute atomic E-state index is 0.0313. The Morgan fingerprint density at radius 3 is 2.43 bits per heavy atom. The average Bonchev–Trinajstić information content (AvgIpc) is 3.19. The molecule has 7 nitrogen and oxygen atoms in total. The lowest BCUT2D eigenvalue weighted by molar-refractivity contribution is -0.159. The van der Waals surface area contributed by atoms with Crippen molar-refractivity contribution >= 4 is 45.0 Å². The first-order valence-electron chi connectivity index (χ1n) is 9.09. The third kappa shape index (κ3) is 7.56. The average molecular weight is 463 g/mol. The topological polar surface area (TPSA) is 88.3 Å². The van der Waals surface area contributed by atoms with Gasteiger partial charge in [-0.15, -0.1) is 11.7 Å². The first-order chi connectivity index (χ1) is 14.2. The molecule has 1 aromatic carbocycles. The van der Waals surface area contributed by atoms with Crippen LogP contribution in [0.2, 0.25) is 0 Å². The van der Waals surface area contributed by atoms with Gasteiger partial charge in [-0.05, 0) is 37.1 Å². The molecule has 0 bridgehead atoms. The van der Waals surface area contributed by atoms with Crippen LogP contribution in [0.5, 0.6) is 0 Å². The Balaban J connectivity index is 1.63. The van der Waals surface area contributed by atoms with Crippen molar-refractivity contribution in [2.75, 3.05) is 17.3 Å². The van der Waals surface area contributed by atoms with Crippen molar-refractivity contribution in [1.82, 2.24) is 10.1 Å². The van der Waals surface area contributed by atoms with Gasteiger partial charge in [-0.2, -0.15) is 18.2 Å². The van der Waals surface area contributed by atoms with Gasteiger partial charge in [-0.1, -0.05) is 18.0 Å². The number of carbonyl (C=O) groups excluding carboxylic acids is 2. The summed E-state index contributed by atoms with van der Waals surface area (Å²) in [6, 6.07) is 6.86. The van der Waals surface area contributed by atoms with Gasteiger partial charge in [0.05, 0.1) is 0 Å². The second-order valence-corrected chi connectivity index (χ2v) is 7.52. The summed E-state index contributed by atoms with van der Waals surface area (Å²) in [6.45, 7) is 0. The summed E-state index contributed by atoms with van der Waals surface area (Å²) in [7, 11) is 2.44. The number of unbranched alkanes of at least 4 members (excludes halogenated alkanes) is 3. The molecule has 0 atom stereocenters. The van der Waals surface area contributed by atoms with Crippen molar-refractivity contribution in [2.45, 2.75) is 44.7 Å². The van der Waals surface area contributed by atoms with E-state index in [0.29, 0.717) is 37.1 Å². The molecule has 0 unspecified atom stereocenters. The van der Waals surface area contributed by atoms with E-state index in [1.165, 1.54) is 4.90 Å². The number of anilines is 2. The summed E-state index contributed by atoms with van der Waals surface area (Å²) in [4.78, 5) is 28.3. The highest BCUT2D eigenvalue weighted by atomic mass is 33.1. The van der Waals surface area contributed by atoms with Crippen LogP contribution in [0.15, 0.2) is 28.8 Å². The number of amides is 2. The van der Waals surface area contributed by atoms with E-state index in [9.17, 15) is 22.8 Å². The number of alkyl halides is 3. The van der Waals surface area contributed by atoms with E-state index >= 15 is 0 Å². The first kappa shape index (κ1) is 24.1. The number of thiol groups is 1. The molecule has 0 aliphatic rings. The number of nitrogens with one attached hydrogen (secondary N) is 1. The number of carbonyl (C=O) groups is 2. The second kappa shape index (κ2) is 11.3. The Hall–Kier alpha value is -2.21. The lowest BCUT2D eigenvalue weighted by Crippen LogP contribution is -2.20. The van der Waals surface area contributed by atoms with Crippen molar-refractivity contribution in [3.8, 4) is 0 Å². The number of nitrogens with zero attached hydrogens (tertiary/aromatic N) is 3. The van der Waals surface area contributed by atoms with Gasteiger partial charge in [0.15, 0.2) is 5.82 Å². The van der Waals surface area contributed by atoms with Crippen LogP contribution in [0, 0.1) is 0 Å². The van der Waals surface area contributed by atoms with Gasteiger partial charge in [-0.25, -0.2) is 0 Å². The fourth-order valence-corrected chi connectivity index (χ4v) is 3.15. The molecule has 0 saturated carbocycles. The molecule has 1 aromatic heterocycles. The quantitative estimate of drug-likeness (QED) is 0.297. The van der Waals surface area contributed by atoms with Crippen molar-refractivity contribution < 1.29 is 27.3 Å². The molecule has 0 spiro atoms. The van der Waals surface area contributed by atoms with Gasteiger partial charge in [0.2, 0.25) is 5.91 Å². The molecule has 1 N–H and O–H groups in total. The Labute approximate surface area is 180 Å². The summed E-state index contributed by atoms with van der Waals surface area (Å²) < 4.78 is 41.3. The molecule has 164 valence electrons. The van der Waals surface area contributed by atoms with Crippen LogP contribution in [0.3, 0.4) is 0 Å². The van der Waals surface area contributed by atoms with Crippen LogP contribution in [-0.4, -0.2) is 28.3 Å². The van der Waals surface area contributed by atoms with Crippen LogP contribution in [-0.2, 0) is 17.4 Å². The zero-order valence-corrected chi connectivity index (χ0v) is 17.8. The number of hydrogen-bond donors (Lipinski definition) is 2. The fraction of sp³-hybridized carbons (Fsp3) is 0.444. The summed E-state index contributed by atoms with van der Waals surface area (Å²) >= 11 is 3.87. The van der Waals surface area contributed by atoms with E-state index in [-0.39, 0.29) is 17.0 Å². The third-order valence-electron chi connectivity index (χ3n) is 4.16. The maximum absolute atomic E-state index is 12.4. The Kier molecular flexibility index (Phi) is 9.03. The number of aryl methyl sites for hydroxylation is 1. The maximum Gasteiger partial charge on any atom is 0.471 e. The highest BCUT2D eigenvalue weighted by Crippen LogP contribution is 2.27. The molecule has 0 aliphatic heterocycles. The molecule has 0 aliphatic carbocycles. The lowest BCUT2D eigenvalue weighted by Gasteiger charge is -2.15. The Morgan fingerprint density at radius 1 is 1.17 bits per heavy atom. The van der Waals surface area contributed by atoms with Gasteiger partial charge in [0.1, 0.15) is 0 Å². The minimum Gasteiger partial charge on any atom is -0.329 e. The van der Waals surface area contributed by atoms with E-state index in [4.69, 9.17) is 0 Å². The minimum atomic E-state index is -4.63. The van der Waals surface area contributed by atoms with E-state index in [2.05, 4.69) is 31.6 Å². The van der Waals surface area contributed by atoms with E-state index in [1.807, 2.05) is 0 Å². The molecule has 0 radical (unpaired) electrons. The summed E-state index contributed by atoms with van der Waals surface area (Å²) in [5.41, 5.74) is 1.31. The van der Waals surface area contributed by atoms with Crippen molar-refractivity contribution in [2.24, 2.45) is 0 Å². The SMILES string of the molecule is CN(C(=O)SS)c1ccc(NC(=O)CCCCCCc2noc(C(F)(F)F)n2)cc1. The zero-order valence-electron chi connectivity index (χ0n) is 16.1. The zero-order chi connectivity index (χ0) is 22.1. The molecule has 0 fully saturated rings. The maximum atomic E-state index is 12.4. The largest absolute Gasteiger partial charge is 0.471 e. The van der Waals surface area contributed by atoms with Crippen LogP contribution < -0.4 is 10.2 Å². The van der Waals surface area contributed by atoms with Crippen LogP contribution >= 0.6 is 22.5 Å². The second-order valence-electron chi connectivity index (χ2n) is 6.44. The highest BCUT2D eigenvalue weighted by Gasteiger charge is 2.38. The Bertz CT molecular complexity index is 844. The smallest absolute Gasteiger partial charge is 0.329 e. The predicted molar refractivity (Wildman–Crippen MR) is 112 cm³/mol. The molecule has 2 rings (SSSR count). The number of benzene rings is 1. The number of aromatic nitrogens is 2. The first-order valence-corrected chi connectivity index (χ1v) is 11.0. The van der Waals surface area contributed by atoms with Gasteiger partial charge in [-0.3, -0.25) is 9.59 Å². The third-order valence-corrected chi connectivity index (χ3v) is 5.05. The van der Waals surface area contributed by atoms with Crippen LogP contribution in [0.25, 0.3) is 0 Å². The molecule has 1 heterocycles.